The highest BCUT2D eigenvalue weighted by molar-refractivity contribution is 7.89. The molecule has 1 aromatic carbocycles. The first kappa shape index (κ1) is 18.6. The fourth-order valence-electron chi connectivity index (χ4n) is 2.52. The van der Waals surface area contributed by atoms with Crippen molar-refractivity contribution in [1.82, 2.24) is 4.31 Å². The quantitative estimate of drug-likeness (QED) is 0.580. The molecule has 3 aromatic rings. The fraction of sp³-hybridized carbons (Fsp3) is 0.222. The summed E-state index contributed by atoms with van der Waals surface area (Å²) in [4.78, 5) is 0.976. The van der Waals surface area contributed by atoms with Gasteiger partial charge >= 0.3 is 0 Å². The van der Waals surface area contributed by atoms with E-state index in [1.54, 1.807) is 17.4 Å². The molecule has 0 radical (unpaired) electrons. The molecule has 0 fully saturated rings. The van der Waals surface area contributed by atoms with E-state index in [4.69, 9.17) is 9.15 Å². The summed E-state index contributed by atoms with van der Waals surface area (Å²) in [6.45, 7) is 0.430. The van der Waals surface area contributed by atoms with Crippen LogP contribution in [-0.2, 0) is 23.0 Å². The first-order valence-corrected chi connectivity index (χ1v) is 10.2. The predicted molar refractivity (Wildman–Crippen MR) is 97.3 cm³/mol. The molecule has 2 aromatic heterocycles. The van der Waals surface area contributed by atoms with Crippen molar-refractivity contribution in [3.63, 3.8) is 0 Å². The van der Waals surface area contributed by atoms with Crippen LogP contribution in [0.25, 0.3) is 0 Å². The van der Waals surface area contributed by atoms with E-state index in [0.717, 1.165) is 16.5 Å². The number of halogens is 1. The molecular formula is C18H18FNO4S2. The summed E-state index contributed by atoms with van der Waals surface area (Å²) in [5, 5.41) is 1.95. The Kier molecular flexibility index (Phi) is 5.75. The zero-order valence-corrected chi connectivity index (χ0v) is 15.7. The third kappa shape index (κ3) is 4.14. The van der Waals surface area contributed by atoms with Crippen LogP contribution < -0.4 is 4.74 Å². The molecule has 0 spiro atoms. The van der Waals surface area contributed by atoms with Gasteiger partial charge in [-0.1, -0.05) is 6.07 Å². The average Bonchev–Trinajstić information content (AvgIpc) is 3.32. The van der Waals surface area contributed by atoms with Crippen LogP contribution in [0.15, 0.2) is 63.6 Å². The van der Waals surface area contributed by atoms with Gasteiger partial charge in [0.15, 0.2) is 11.6 Å². The van der Waals surface area contributed by atoms with Crippen LogP contribution in [0.1, 0.15) is 10.4 Å². The lowest BCUT2D eigenvalue weighted by atomic mass is 10.3. The summed E-state index contributed by atoms with van der Waals surface area (Å²) in [7, 11) is -2.54. The molecule has 0 atom stereocenters. The maximum Gasteiger partial charge on any atom is 0.243 e. The van der Waals surface area contributed by atoms with Crippen molar-refractivity contribution in [2.24, 2.45) is 0 Å². The first-order chi connectivity index (χ1) is 12.5. The summed E-state index contributed by atoms with van der Waals surface area (Å²) < 4.78 is 51.4. The molecule has 0 saturated carbocycles. The Morgan fingerprint density at radius 1 is 1.27 bits per heavy atom. The number of methoxy groups -OCH3 is 1. The lowest BCUT2D eigenvalue weighted by Gasteiger charge is -2.21. The van der Waals surface area contributed by atoms with Crippen molar-refractivity contribution < 1.29 is 22.0 Å². The van der Waals surface area contributed by atoms with Gasteiger partial charge in [-0.3, -0.25) is 0 Å². The second kappa shape index (κ2) is 8.03. The maximum absolute atomic E-state index is 14.0. The number of benzene rings is 1. The molecule has 0 saturated heterocycles. The summed E-state index contributed by atoms with van der Waals surface area (Å²) >= 11 is 1.57. The third-order valence-corrected chi connectivity index (χ3v) is 6.67. The van der Waals surface area contributed by atoms with Crippen LogP contribution in [0.3, 0.4) is 0 Å². The number of furan rings is 1. The Labute approximate surface area is 155 Å². The SMILES string of the molecule is COc1ccc(S(=O)(=O)N(CCc2cccs2)Cc2ccoc2)cc1F. The van der Waals surface area contributed by atoms with E-state index in [2.05, 4.69) is 0 Å². The standard InChI is InChI=1S/C18H18FNO4S2/c1-23-18-5-4-16(11-17(18)19)26(21,22)20(12-14-7-9-24-13-14)8-6-15-3-2-10-25-15/h2-5,7,9-11,13H,6,8,12H2,1H3. The number of thiophene rings is 1. The second-order valence-corrected chi connectivity index (χ2v) is 8.57. The van der Waals surface area contributed by atoms with Gasteiger partial charge in [-0.2, -0.15) is 4.31 Å². The molecule has 0 amide bonds. The van der Waals surface area contributed by atoms with Crippen molar-refractivity contribution in [3.8, 4) is 5.75 Å². The van der Waals surface area contributed by atoms with Crippen molar-refractivity contribution in [2.45, 2.75) is 17.9 Å². The number of hydrogen-bond donors (Lipinski definition) is 0. The maximum atomic E-state index is 14.0. The summed E-state index contributed by atoms with van der Waals surface area (Å²) in [6.07, 6.45) is 3.57. The van der Waals surface area contributed by atoms with Gasteiger partial charge in [-0.15, -0.1) is 11.3 Å². The predicted octanol–water partition coefficient (Wildman–Crippen LogP) is 3.92. The van der Waals surface area contributed by atoms with Gasteiger partial charge in [0, 0.05) is 23.5 Å². The monoisotopic (exact) mass is 395 g/mol. The number of ether oxygens (including phenoxy) is 1. The van der Waals surface area contributed by atoms with Crippen molar-refractivity contribution in [2.75, 3.05) is 13.7 Å². The summed E-state index contributed by atoms with van der Waals surface area (Å²) in [6, 6.07) is 9.25. The van der Waals surface area contributed by atoms with Gasteiger partial charge < -0.3 is 9.15 Å². The molecule has 0 N–H and O–H groups in total. The lowest BCUT2D eigenvalue weighted by molar-refractivity contribution is 0.384. The van der Waals surface area contributed by atoms with Crippen molar-refractivity contribution in [3.05, 3.63) is 70.6 Å². The first-order valence-electron chi connectivity index (χ1n) is 7.88. The van der Waals surface area contributed by atoms with E-state index >= 15 is 0 Å². The smallest absolute Gasteiger partial charge is 0.243 e. The summed E-state index contributed by atoms with van der Waals surface area (Å²) in [5.74, 6) is -0.709. The Bertz CT molecular complexity index is 938. The van der Waals surface area contributed by atoms with Crippen LogP contribution in [-0.4, -0.2) is 26.4 Å². The molecule has 0 aliphatic heterocycles. The molecule has 138 valence electrons. The normalized spacial score (nSPS) is 11.8. The molecule has 0 aliphatic rings. The largest absolute Gasteiger partial charge is 0.494 e. The molecule has 0 aliphatic carbocycles. The Morgan fingerprint density at radius 2 is 2.12 bits per heavy atom. The molecule has 26 heavy (non-hydrogen) atoms. The van der Waals surface area contributed by atoms with Gasteiger partial charge in [0.25, 0.3) is 0 Å². The van der Waals surface area contributed by atoms with E-state index in [9.17, 15) is 12.8 Å². The average molecular weight is 395 g/mol. The van der Waals surface area contributed by atoms with Crippen LogP contribution in [0.2, 0.25) is 0 Å². The fourth-order valence-corrected chi connectivity index (χ4v) is 4.66. The van der Waals surface area contributed by atoms with E-state index in [1.807, 2.05) is 17.5 Å². The second-order valence-electron chi connectivity index (χ2n) is 5.60. The Morgan fingerprint density at radius 3 is 2.73 bits per heavy atom. The minimum absolute atomic E-state index is 0.00363. The molecule has 2 heterocycles. The highest BCUT2D eigenvalue weighted by Crippen LogP contribution is 2.25. The van der Waals surface area contributed by atoms with Gasteiger partial charge in [0.1, 0.15) is 0 Å². The van der Waals surface area contributed by atoms with Gasteiger partial charge in [0.2, 0.25) is 10.0 Å². The molecule has 5 nitrogen and oxygen atoms in total. The lowest BCUT2D eigenvalue weighted by Crippen LogP contribution is -2.32. The molecule has 0 unspecified atom stereocenters. The topological polar surface area (TPSA) is 59.8 Å². The highest BCUT2D eigenvalue weighted by atomic mass is 32.2. The van der Waals surface area contributed by atoms with Crippen LogP contribution in [0, 0.1) is 5.82 Å². The van der Waals surface area contributed by atoms with Crippen LogP contribution >= 0.6 is 11.3 Å². The number of hydrogen-bond acceptors (Lipinski definition) is 5. The van der Waals surface area contributed by atoms with Gasteiger partial charge in [-0.05, 0) is 42.1 Å². The molecule has 8 heteroatoms. The Balaban J connectivity index is 1.89. The third-order valence-electron chi connectivity index (χ3n) is 3.89. The van der Waals surface area contributed by atoms with Gasteiger partial charge in [0.05, 0.1) is 24.5 Å². The number of rotatable bonds is 8. The van der Waals surface area contributed by atoms with E-state index in [0.29, 0.717) is 6.42 Å². The van der Waals surface area contributed by atoms with Crippen LogP contribution in [0.4, 0.5) is 4.39 Å². The molecule has 0 bridgehead atoms. The highest BCUT2D eigenvalue weighted by Gasteiger charge is 2.26. The van der Waals surface area contributed by atoms with Gasteiger partial charge in [-0.25, -0.2) is 12.8 Å². The van der Waals surface area contributed by atoms with Crippen molar-refractivity contribution >= 4 is 21.4 Å². The number of sulfonamides is 1. The minimum atomic E-state index is -3.88. The number of nitrogens with zero attached hydrogens (tertiary/aromatic N) is 1. The van der Waals surface area contributed by atoms with E-state index in [1.165, 1.54) is 36.1 Å². The molecule has 3 rings (SSSR count). The van der Waals surface area contributed by atoms with Crippen LogP contribution in [0.5, 0.6) is 5.75 Å². The van der Waals surface area contributed by atoms with Crippen molar-refractivity contribution in [1.29, 1.82) is 0 Å². The Hall–Kier alpha value is -2.16. The van der Waals surface area contributed by atoms with E-state index in [-0.39, 0.29) is 23.7 Å². The minimum Gasteiger partial charge on any atom is -0.494 e. The summed E-state index contributed by atoms with van der Waals surface area (Å²) in [5.41, 5.74) is 0.730. The molecular weight excluding hydrogens is 377 g/mol. The zero-order valence-electron chi connectivity index (χ0n) is 14.1. The zero-order chi connectivity index (χ0) is 18.6. The van der Waals surface area contributed by atoms with E-state index < -0.39 is 15.8 Å².